The van der Waals surface area contributed by atoms with Crippen LogP contribution in [0, 0.1) is 6.92 Å². The zero-order chi connectivity index (χ0) is 13.7. The summed E-state index contributed by atoms with van der Waals surface area (Å²) in [5.74, 6) is 0. The van der Waals surface area contributed by atoms with E-state index in [4.69, 9.17) is 5.73 Å². The fraction of sp³-hybridized carbons (Fsp3) is 0.625. The average Bonchev–Trinajstić information content (AvgIpc) is 2.32. The van der Waals surface area contributed by atoms with E-state index >= 15 is 0 Å². The number of rotatable bonds is 6. The number of anilines is 1. The van der Waals surface area contributed by atoms with Gasteiger partial charge in [-0.3, -0.25) is 0 Å². The van der Waals surface area contributed by atoms with Gasteiger partial charge in [0.15, 0.2) is 0 Å². The Kier molecular flexibility index (Phi) is 5.67. The van der Waals surface area contributed by atoms with E-state index in [1.54, 1.807) is 0 Å². The largest absolute Gasteiger partial charge is 0.369 e. The van der Waals surface area contributed by atoms with Crippen molar-refractivity contribution in [2.45, 2.75) is 59.5 Å². The van der Waals surface area contributed by atoms with Gasteiger partial charge in [0.25, 0.3) is 0 Å². The summed E-state index contributed by atoms with van der Waals surface area (Å²) in [6, 6.07) is 7.58. The number of nitrogens with zero attached hydrogens (tertiary/aromatic N) is 1. The summed E-state index contributed by atoms with van der Waals surface area (Å²) in [6.07, 6.45) is 2.01. The lowest BCUT2D eigenvalue weighted by molar-refractivity contribution is 0.645. The van der Waals surface area contributed by atoms with E-state index in [1.807, 2.05) is 0 Å². The molecular weight excluding hydrogens is 220 g/mol. The molecule has 0 aromatic heterocycles. The lowest BCUT2D eigenvalue weighted by Crippen LogP contribution is -2.31. The molecule has 2 nitrogen and oxygen atoms in total. The molecule has 1 atom stereocenters. The van der Waals surface area contributed by atoms with E-state index in [0.717, 1.165) is 19.4 Å². The molecule has 0 aliphatic carbocycles. The highest BCUT2D eigenvalue weighted by molar-refractivity contribution is 5.55. The first kappa shape index (κ1) is 15.0. The van der Waals surface area contributed by atoms with E-state index in [0.29, 0.717) is 6.04 Å². The van der Waals surface area contributed by atoms with Crippen LogP contribution in [0.3, 0.4) is 0 Å². The fourth-order valence-corrected chi connectivity index (χ4v) is 2.43. The second-order valence-corrected chi connectivity index (χ2v) is 5.37. The molecular formula is C16H28N2. The van der Waals surface area contributed by atoms with Crippen molar-refractivity contribution < 1.29 is 0 Å². The summed E-state index contributed by atoms with van der Waals surface area (Å²) in [4.78, 5) is 2.43. The summed E-state index contributed by atoms with van der Waals surface area (Å²) < 4.78 is 0. The molecule has 2 N–H and O–H groups in total. The summed E-state index contributed by atoms with van der Waals surface area (Å²) in [6.45, 7) is 12.1. The first-order chi connectivity index (χ1) is 8.49. The van der Waals surface area contributed by atoms with Crippen molar-refractivity contribution in [2.75, 3.05) is 11.4 Å². The van der Waals surface area contributed by atoms with Crippen LogP contribution >= 0.6 is 0 Å². The minimum atomic E-state index is 0.280. The Morgan fingerprint density at radius 2 is 1.89 bits per heavy atom. The monoisotopic (exact) mass is 248 g/mol. The molecule has 102 valence electrons. The Morgan fingerprint density at radius 3 is 2.33 bits per heavy atom. The van der Waals surface area contributed by atoms with E-state index in [9.17, 15) is 0 Å². The van der Waals surface area contributed by atoms with Gasteiger partial charge in [-0.15, -0.1) is 0 Å². The van der Waals surface area contributed by atoms with Crippen LogP contribution in [0.5, 0.6) is 0 Å². The predicted molar refractivity (Wildman–Crippen MR) is 81.3 cm³/mol. The summed E-state index contributed by atoms with van der Waals surface area (Å²) in [5, 5.41) is 0. The van der Waals surface area contributed by atoms with Gasteiger partial charge in [0.2, 0.25) is 0 Å². The van der Waals surface area contributed by atoms with Gasteiger partial charge >= 0.3 is 0 Å². The van der Waals surface area contributed by atoms with Gasteiger partial charge in [-0.25, -0.2) is 0 Å². The molecule has 0 spiro atoms. The van der Waals surface area contributed by atoms with Crippen LogP contribution in [0.15, 0.2) is 18.2 Å². The lowest BCUT2D eigenvalue weighted by atomic mass is 10.0. The molecule has 1 rings (SSSR count). The Bertz CT molecular complexity index is 371. The zero-order valence-corrected chi connectivity index (χ0v) is 12.5. The Morgan fingerprint density at radius 1 is 1.22 bits per heavy atom. The van der Waals surface area contributed by atoms with Crippen molar-refractivity contribution in [3.63, 3.8) is 0 Å². The first-order valence-electron chi connectivity index (χ1n) is 7.11. The fourth-order valence-electron chi connectivity index (χ4n) is 2.43. The van der Waals surface area contributed by atoms with Gasteiger partial charge in [0.05, 0.1) is 0 Å². The molecule has 0 bridgehead atoms. The van der Waals surface area contributed by atoms with Gasteiger partial charge in [-0.1, -0.05) is 19.1 Å². The molecule has 1 aromatic carbocycles. The van der Waals surface area contributed by atoms with Crippen LogP contribution < -0.4 is 10.6 Å². The highest BCUT2D eigenvalue weighted by Crippen LogP contribution is 2.23. The van der Waals surface area contributed by atoms with E-state index in [-0.39, 0.29) is 6.04 Å². The van der Waals surface area contributed by atoms with Crippen molar-refractivity contribution in [3.8, 4) is 0 Å². The number of aryl methyl sites for hydroxylation is 1. The topological polar surface area (TPSA) is 29.3 Å². The Hall–Kier alpha value is -1.02. The minimum absolute atomic E-state index is 0.280. The molecule has 18 heavy (non-hydrogen) atoms. The van der Waals surface area contributed by atoms with Gasteiger partial charge in [-0.05, 0) is 57.7 Å². The molecule has 0 heterocycles. The van der Waals surface area contributed by atoms with E-state index < -0.39 is 0 Å². The maximum Gasteiger partial charge on any atom is 0.0398 e. The van der Waals surface area contributed by atoms with Crippen LogP contribution in [-0.2, 0) is 6.42 Å². The van der Waals surface area contributed by atoms with Crippen LogP contribution in [-0.4, -0.2) is 18.6 Å². The van der Waals surface area contributed by atoms with Crippen LogP contribution in [0.4, 0.5) is 5.69 Å². The third kappa shape index (κ3) is 3.74. The minimum Gasteiger partial charge on any atom is -0.369 e. The molecule has 0 aliphatic heterocycles. The summed E-state index contributed by atoms with van der Waals surface area (Å²) in [5.41, 5.74) is 10.1. The molecule has 0 amide bonds. The molecule has 0 aliphatic rings. The molecule has 1 aromatic rings. The van der Waals surface area contributed by atoms with Gasteiger partial charge < -0.3 is 10.6 Å². The highest BCUT2D eigenvalue weighted by Gasteiger charge is 2.11. The smallest absolute Gasteiger partial charge is 0.0398 e. The zero-order valence-electron chi connectivity index (χ0n) is 12.5. The van der Waals surface area contributed by atoms with Gasteiger partial charge in [0.1, 0.15) is 0 Å². The molecule has 2 heteroatoms. The maximum absolute atomic E-state index is 6.02. The van der Waals surface area contributed by atoms with E-state index in [1.165, 1.54) is 16.8 Å². The molecule has 0 saturated heterocycles. The van der Waals surface area contributed by atoms with Crippen molar-refractivity contribution in [3.05, 3.63) is 29.3 Å². The SMILES string of the molecule is CCC(N)Cc1ccc(N(CC)C(C)C)c(C)c1. The number of hydrogen-bond donors (Lipinski definition) is 1. The maximum atomic E-state index is 6.02. The van der Waals surface area contributed by atoms with Crippen molar-refractivity contribution >= 4 is 5.69 Å². The average molecular weight is 248 g/mol. The molecule has 0 fully saturated rings. The quantitative estimate of drug-likeness (QED) is 0.834. The van der Waals surface area contributed by atoms with Crippen LogP contribution in [0.25, 0.3) is 0 Å². The number of hydrogen-bond acceptors (Lipinski definition) is 2. The van der Waals surface area contributed by atoms with Crippen LogP contribution in [0.2, 0.25) is 0 Å². The predicted octanol–water partition coefficient (Wildman–Crippen LogP) is 3.51. The standard InChI is InChI=1S/C16H28N2/c1-6-15(17)11-14-8-9-16(13(5)10-14)18(7-2)12(3)4/h8-10,12,15H,6-7,11,17H2,1-5H3. The van der Waals surface area contributed by atoms with Crippen LogP contribution in [0.1, 0.15) is 45.2 Å². The van der Waals surface area contributed by atoms with Gasteiger partial charge in [0, 0.05) is 24.3 Å². The third-order valence-corrected chi connectivity index (χ3v) is 3.56. The number of benzene rings is 1. The lowest BCUT2D eigenvalue weighted by Gasteiger charge is -2.29. The first-order valence-corrected chi connectivity index (χ1v) is 7.11. The van der Waals surface area contributed by atoms with Crippen molar-refractivity contribution in [1.29, 1.82) is 0 Å². The highest BCUT2D eigenvalue weighted by atomic mass is 15.1. The second-order valence-electron chi connectivity index (χ2n) is 5.37. The van der Waals surface area contributed by atoms with E-state index in [2.05, 4.69) is 57.7 Å². The van der Waals surface area contributed by atoms with Crippen molar-refractivity contribution in [2.24, 2.45) is 5.73 Å². The Balaban J connectivity index is 2.91. The summed E-state index contributed by atoms with van der Waals surface area (Å²) >= 11 is 0. The molecule has 1 unspecified atom stereocenters. The van der Waals surface area contributed by atoms with Gasteiger partial charge in [-0.2, -0.15) is 0 Å². The molecule has 0 saturated carbocycles. The van der Waals surface area contributed by atoms with Crippen molar-refractivity contribution in [1.82, 2.24) is 0 Å². The number of nitrogens with two attached hydrogens (primary N) is 1. The normalized spacial score (nSPS) is 12.8. The Labute approximate surface area is 112 Å². The third-order valence-electron chi connectivity index (χ3n) is 3.56. The summed E-state index contributed by atoms with van der Waals surface area (Å²) in [7, 11) is 0. The molecule has 0 radical (unpaired) electrons. The second kappa shape index (κ2) is 6.79.